The lowest BCUT2D eigenvalue weighted by molar-refractivity contribution is 0.485. The molecule has 0 saturated heterocycles. The van der Waals surface area contributed by atoms with Crippen LogP contribution in [0.3, 0.4) is 0 Å². The van der Waals surface area contributed by atoms with Crippen molar-refractivity contribution in [2.75, 3.05) is 0 Å². The molecule has 0 amide bonds. The van der Waals surface area contributed by atoms with Crippen LogP contribution in [0.4, 0.5) is 0 Å². The highest BCUT2D eigenvalue weighted by atomic mass is 35.7. The zero-order chi connectivity index (χ0) is 8.39. The van der Waals surface area contributed by atoms with Gasteiger partial charge in [-0.05, 0) is 44.3 Å². The molecule has 70 valence electrons. The Morgan fingerprint density at radius 3 is 1.67 bits per heavy atom. The van der Waals surface area contributed by atoms with Crippen molar-refractivity contribution < 1.29 is 0 Å². The maximum Gasteiger partial charge on any atom is -0.00339 e. The second-order valence-corrected chi connectivity index (χ2v) is 7.54. The van der Waals surface area contributed by atoms with Gasteiger partial charge in [-0.1, -0.05) is 36.9 Å². The molecule has 1 atom stereocenters. The van der Waals surface area contributed by atoms with E-state index in [0.29, 0.717) is 0 Å². The summed E-state index contributed by atoms with van der Waals surface area (Å²) in [6, 6.07) is 0. The smallest absolute Gasteiger partial charge is 0.00339 e. The van der Waals surface area contributed by atoms with E-state index in [1.54, 1.807) is 0 Å². The molecule has 0 heterocycles. The molecule has 0 N–H and O–H groups in total. The Morgan fingerprint density at radius 1 is 0.750 bits per heavy atom. The third-order valence-corrected chi connectivity index (χ3v) is 7.43. The Hall–Kier alpha value is 0.720. The van der Waals surface area contributed by atoms with Gasteiger partial charge in [0, 0.05) is 0 Å². The summed E-state index contributed by atoms with van der Waals surface area (Å²) in [6.45, 7) is 0. The van der Waals surface area contributed by atoms with Gasteiger partial charge in [0.15, 0.2) is 0 Å². The van der Waals surface area contributed by atoms with Gasteiger partial charge >= 0.3 is 0 Å². The first-order chi connectivity index (χ1) is 5.88. The maximum atomic E-state index is 6.53. The highest BCUT2D eigenvalue weighted by molar-refractivity contribution is 7.85. The number of hydrogen-bond acceptors (Lipinski definition) is 0. The summed E-state index contributed by atoms with van der Waals surface area (Å²) in [5, 5.41) is 0. The van der Waals surface area contributed by atoms with Crippen LogP contribution in [0.15, 0.2) is 0 Å². The molecular formula is C10H18ClP. The van der Waals surface area contributed by atoms with Crippen LogP contribution in [0.1, 0.15) is 51.4 Å². The van der Waals surface area contributed by atoms with Crippen LogP contribution >= 0.6 is 18.5 Å². The first-order valence-electron chi connectivity index (χ1n) is 5.32. The molecule has 0 aromatic heterocycles. The van der Waals surface area contributed by atoms with Crippen LogP contribution in [-0.2, 0) is 0 Å². The third-order valence-electron chi connectivity index (χ3n) is 3.35. The molecule has 0 aromatic carbocycles. The molecule has 2 aliphatic rings. The Morgan fingerprint density at radius 2 is 1.25 bits per heavy atom. The molecule has 2 heteroatoms. The Labute approximate surface area is 81.6 Å². The third kappa shape index (κ3) is 1.96. The molecule has 0 radical (unpaired) electrons. The highest BCUT2D eigenvalue weighted by Crippen LogP contribution is 2.60. The molecule has 2 rings (SSSR count). The largest absolute Gasteiger partial charge is 0.0958 e. The van der Waals surface area contributed by atoms with E-state index in [0.717, 1.165) is 11.3 Å². The first-order valence-corrected chi connectivity index (χ1v) is 7.70. The van der Waals surface area contributed by atoms with Gasteiger partial charge in [-0.15, -0.1) is 0 Å². The monoisotopic (exact) mass is 204 g/mol. The van der Waals surface area contributed by atoms with Gasteiger partial charge in [-0.2, -0.15) is 0 Å². The predicted octanol–water partition coefficient (Wildman–Crippen LogP) is 4.51. The van der Waals surface area contributed by atoms with Crippen molar-refractivity contribution in [3.8, 4) is 0 Å². The lowest BCUT2D eigenvalue weighted by atomic mass is 9.99. The van der Waals surface area contributed by atoms with Crippen LogP contribution in [0.25, 0.3) is 0 Å². The van der Waals surface area contributed by atoms with Crippen molar-refractivity contribution in [1.29, 1.82) is 0 Å². The topological polar surface area (TPSA) is 0 Å². The van der Waals surface area contributed by atoms with Crippen LogP contribution in [0, 0.1) is 0 Å². The van der Waals surface area contributed by atoms with E-state index in [-0.39, 0.29) is 7.27 Å². The second-order valence-electron chi connectivity index (χ2n) is 4.22. The van der Waals surface area contributed by atoms with Crippen LogP contribution in [-0.4, -0.2) is 11.3 Å². The van der Waals surface area contributed by atoms with E-state index in [1.807, 2.05) is 0 Å². The normalized spacial score (nSPS) is 29.8. The Kier molecular flexibility index (Phi) is 3.32. The van der Waals surface area contributed by atoms with Crippen molar-refractivity contribution in [3.05, 3.63) is 0 Å². The van der Waals surface area contributed by atoms with Gasteiger partial charge in [-0.25, -0.2) is 0 Å². The van der Waals surface area contributed by atoms with E-state index in [1.165, 1.54) is 51.4 Å². The standard InChI is InChI=1S/C10H18ClP/c11-12(10-7-4-8-10)9-5-2-1-3-6-9/h9-10H,1-8H2. The van der Waals surface area contributed by atoms with Gasteiger partial charge in [0.05, 0.1) is 0 Å². The summed E-state index contributed by atoms with van der Waals surface area (Å²) >= 11 is 6.53. The first kappa shape index (κ1) is 9.28. The van der Waals surface area contributed by atoms with Gasteiger partial charge in [0.2, 0.25) is 0 Å². The minimum atomic E-state index is -0.101. The molecule has 0 nitrogen and oxygen atoms in total. The summed E-state index contributed by atoms with van der Waals surface area (Å²) < 4.78 is 0. The molecule has 0 aliphatic heterocycles. The lowest BCUT2D eigenvalue weighted by Crippen LogP contribution is -2.21. The van der Waals surface area contributed by atoms with Gasteiger partial charge < -0.3 is 0 Å². The molecule has 2 aliphatic carbocycles. The summed E-state index contributed by atoms with van der Waals surface area (Å²) in [5.41, 5.74) is 1.88. The second kappa shape index (κ2) is 4.29. The van der Waals surface area contributed by atoms with E-state index in [9.17, 15) is 0 Å². The summed E-state index contributed by atoms with van der Waals surface area (Å²) in [7, 11) is -0.101. The van der Waals surface area contributed by atoms with E-state index < -0.39 is 0 Å². The maximum absolute atomic E-state index is 6.53. The van der Waals surface area contributed by atoms with Crippen molar-refractivity contribution in [1.82, 2.24) is 0 Å². The fourth-order valence-corrected chi connectivity index (χ4v) is 5.74. The van der Waals surface area contributed by atoms with Crippen molar-refractivity contribution in [2.24, 2.45) is 0 Å². The molecule has 0 aromatic rings. The summed E-state index contributed by atoms with van der Waals surface area (Å²) in [4.78, 5) is 0. The van der Waals surface area contributed by atoms with E-state index >= 15 is 0 Å². The average molecular weight is 205 g/mol. The SMILES string of the molecule is ClP(C1CCCCC1)C1CCC1. The predicted molar refractivity (Wildman–Crippen MR) is 57.3 cm³/mol. The number of halogens is 1. The fraction of sp³-hybridized carbons (Fsp3) is 1.00. The minimum Gasteiger partial charge on any atom is -0.0958 e. The quantitative estimate of drug-likeness (QED) is 0.581. The minimum absolute atomic E-state index is 0.101. The Balaban J connectivity index is 1.80. The molecule has 12 heavy (non-hydrogen) atoms. The molecular weight excluding hydrogens is 187 g/mol. The number of rotatable bonds is 2. The number of hydrogen-bond donors (Lipinski definition) is 0. The fourth-order valence-electron chi connectivity index (χ4n) is 2.26. The van der Waals surface area contributed by atoms with Crippen molar-refractivity contribution in [3.63, 3.8) is 0 Å². The molecule has 0 spiro atoms. The van der Waals surface area contributed by atoms with E-state index in [4.69, 9.17) is 11.2 Å². The average Bonchev–Trinajstić information content (AvgIpc) is 2.03. The molecule has 0 bridgehead atoms. The van der Waals surface area contributed by atoms with Crippen LogP contribution in [0.5, 0.6) is 0 Å². The van der Waals surface area contributed by atoms with Gasteiger partial charge in [0.1, 0.15) is 0 Å². The van der Waals surface area contributed by atoms with Crippen molar-refractivity contribution in [2.45, 2.75) is 62.7 Å². The zero-order valence-electron chi connectivity index (χ0n) is 7.64. The lowest BCUT2D eigenvalue weighted by Gasteiger charge is -2.36. The molecule has 2 fully saturated rings. The highest BCUT2D eigenvalue weighted by Gasteiger charge is 2.32. The molecule has 2 saturated carbocycles. The van der Waals surface area contributed by atoms with E-state index in [2.05, 4.69) is 0 Å². The molecule has 1 unspecified atom stereocenters. The van der Waals surface area contributed by atoms with Crippen LogP contribution < -0.4 is 0 Å². The van der Waals surface area contributed by atoms with Crippen molar-refractivity contribution >= 4 is 18.5 Å². The summed E-state index contributed by atoms with van der Waals surface area (Å²) in [5.74, 6) is 0. The zero-order valence-corrected chi connectivity index (χ0v) is 9.29. The van der Waals surface area contributed by atoms with Crippen LogP contribution in [0.2, 0.25) is 0 Å². The summed E-state index contributed by atoms with van der Waals surface area (Å²) in [6.07, 6.45) is 11.5. The Bertz CT molecular complexity index is 139. The van der Waals surface area contributed by atoms with Gasteiger partial charge in [-0.3, -0.25) is 0 Å². The van der Waals surface area contributed by atoms with Gasteiger partial charge in [0.25, 0.3) is 0 Å².